The van der Waals surface area contributed by atoms with Gasteiger partial charge >= 0.3 is 0 Å². The highest BCUT2D eigenvalue weighted by Gasteiger charge is 2.29. The van der Waals surface area contributed by atoms with Gasteiger partial charge in [-0.15, -0.1) is 0 Å². The first-order valence-corrected chi connectivity index (χ1v) is 8.30. The van der Waals surface area contributed by atoms with Crippen molar-refractivity contribution < 1.29 is 0 Å². The lowest BCUT2D eigenvalue weighted by molar-refractivity contribution is 0.327. The normalized spacial score (nSPS) is 22.7. The monoisotopic (exact) mass is 289 g/mol. The summed E-state index contributed by atoms with van der Waals surface area (Å²) in [4.78, 5) is 4.77. The molecule has 1 aliphatic heterocycles. The van der Waals surface area contributed by atoms with Gasteiger partial charge in [-0.05, 0) is 36.6 Å². The lowest BCUT2D eigenvalue weighted by atomic mass is 9.96. The van der Waals surface area contributed by atoms with Gasteiger partial charge in [0.05, 0.1) is 0 Å². The van der Waals surface area contributed by atoms with Gasteiger partial charge in [-0.1, -0.05) is 27.2 Å². The summed E-state index contributed by atoms with van der Waals surface area (Å²) in [6.45, 7) is 9.14. The maximum Gasteiger partial charge on any atom is 0.0438 e. The zero-order valence-electron chi connectivity index (χ0n) is 14.3. The van der Waals surface area contributed by atoms with Crippen molar-refractivity contribution in [3.63, 3.8) is 0 Å². The molecule has 0 saturated carbocycles. The van der Waals surface area contributed by atoms with Crippen LogP contribution in [0.1, 0.15) is 33.6 Å². The molecule has 0 amide bonds. The lowest BCUT2D eigenvalue weighted by Crippen LogP contribution is -2.58. The van der Waals surface area contributed by atoms with Gasteiger partial charge in [-0.25, -0.2) is 0 Å². The molecule has 2 rings (SSSR count). The summed E-state index contributed by atoms with van der Waals surface area (Å²) in [6, 6.07) is 10.2. The van der Waals surface area contributed by atoms with E-state index >= 15 is 0 Å². The summed E-state index contributed by atoms with van der Waals surface area (Å²) in [5.41, 5.74) is 2.63. The highest BCUT2D eigenvalue weighted by Crippen LogP contribution is 2.26. The molecule has 0 spiro atoms. The zero-order chi connectivity index (χ0) is 15.4. The van der Waals surface area contributed by atoms with Crippen LogP contribution in [-0.4, -0.2) is 39.3 Å². The summed E-state index contributed by atoms with van der Waals surface area (Å²) in [5, 5.41) is 3.73. The molecule has 1 heterocycles. The largest absolute Gasteiger partial charge is 0.378 e. The van der Waals surface area contributed by atoms with E-state index in [9.17, 15) is 0 Å². The number of nitrogens with zero attached hydrogens (tertiary/aromatic N) is 2. The van der Waals surface area contributed by atoms with Gasteiger partial charge in [0.2, 0.25) is 0 Å². The molecule has 1 N–H and O–H groups in total. The van der Waals surface area contributed by atoms with Crippen LogP contribution >= 0.6 is 0 Å². The zero-order valence-corrected chi connectivity index (χ0v) is 14.3. The molecule has 3 nitrogen and oxygen atoms in total. The fourth-order valence-corrected chi connectivity index (χ4v) is 3.21. The second-order valence-corrected chi connectivity index (χ2v) is 6.77. The highest BCUT2D eigenvalue weighted by molar-refractivity contribution is 5.56. The summed E-state index contributed by atoms with van der Waals surface area (Å²) in [6.07, 6.45) is 2.51. The molecule has 0 aliphatic carbocycles. The van der Waals surface area contributed by atoms with E-state index in [0.717, 1.165) is 13.1 Å². The number of benzene rings is 1. The number of nitrogens with one attached hydrogen (secondary N) is 1. The van der Waals surface area contributed by atoms with Crippen LogP contribution in [-0.2, 0) is 0 Å². The molecule has 1 fully saturated rings. The molecule has 1 saturated heterocycles. The molecule has 1 aromatic carbocycles. The average molecular weight is 289 g/mol. The molecular formula is C18H31N3. The van der Waals surface area contributed by atoms with E-state index in [1.165, 1.54) is 24.2 Å². The van der Waals surface area contributed by atoms with Crippen molar-refractivity contribution >= 4 is 11.4 Å². The van der Waals surface area contributed by atoms with Crippen molar-refractivity contribution in [1.82, 2.24) is 5.32 Å². The molecule has 1 aromatic rings. The molecule has 2 atom stereocenters. The number of hydrogen-bond acceptors (Lipinski definition) is 3. The van der Waals surface area contributed by atoms with E-state index in [1.807, 2.05) is 0 Å². The number of rotatable bonds is 5. The third kappa shape index (κ3) is 3.91. The topological polar surface area (TPSA) is 18.5 Å². The van der Waals surface area contributed by atoms with Gasteiger partial charge < -0.3 is 15.1 Å². The summed E-state index contributed by atoms with van der Waals surface area (Å²) in [7, 11) is 4.18. The predicted octanol–water partition coefficient (Wildman–Crippen LogP) is 3.36. The van der Waals surface area contributed by atoms with Crippen LogP contribution in [0.4, 0.5) is 11.4 Å². The minimum Gasteiger partial charge on any atom is -0.378 e. The van der Waals surface area contributed by atoms with Crippen LogP contribution in [0.15, 0.2) is 24.3 Å². The third-order valence-corrected chi connectivity index (χ3v) is 4.54. The standard InChI is InChI=1S/C18H31N3/c1-6-7-15-13-21(18(12-19-15)14(2)3)17-10-8-16(9-11-17)20(4)5/h8-11,14-15,18-19H,6-7,12-13H2,1-5H3. The minimum atomic E-state index is 0.586. The van der Waals surface area contributed by atoms with Gasteiger partial charge in [0, 0.05) is 50.6 Å². The maximum absolute atomic E-state index is 3.73. The molecule has 0 bridgehead atoms. The van der Waals surface area contributed by atoms with Crippen LogP contribution in [0.5, 0.6) is 0 Å². The second kappa shape index (κ2) is 7.17. The quantitative estimate of drug-likeness (QED) is 0.897. The Balaban J connectivity index is 2.18. The average Bonchev–Trinajstić information content (AvgIpc) is 2.47. The summed E-state index contributed by atoms with van der Waals surface area (Å²) in [5.74, 6) is 0.661. The minimum absolute atomic E-state index is 0.586. The Hall–Kier alpha value is -1.22. The molecule has 0 aromatic heterocycles. The fraction of sp³-hybridized carbons (Fsp3) is 0.667. The summed E-state index contributed by atoms with van der Waals surface area (Å²) >= 11 is 0. The first-order chi connectivity index (χ1) is 10.0. The SMILES string of the molecule is CCCC1CN(c2ccc(N(C)C)cc2)C(C(C)C)CN1. The van der Waals surface area contributed by atoms with E-state index in [0.29, 0.717) is 18.0 Å². The molecular weight excluding hydrogens is 258 g/mol. The summed E-state index contributed by atoms with van der Waals surface area (Å²) < 4.78 is 0. The Morgan fingerprint density at radius 1 is 1.24 bits per heavy atom. The Morgan fingerprint density at radius 3 is 2.43 bits per heavy atom. The molecule has 118 valence electrons. The van der Waals surface area contributed by atoms with Crippen LogP contribution in [0.3, 0.4) is 0 Å². The first-order valence-electron chi connectivity index (χ1n) is 8.30. The predicted molar refractivity (Wildman–Crippen MR) is 93.4 cm³/mol. The maximum atomic E-state index is 3.73. The van der Waals surface area contributed by atoms with Gasteiger partial charge in [0.15, 0.2) is 0 Å². The fourth-order valence-electron chi connectivity index (χ4n) is 3.21. The Bertz CT molecular complexity index is 425. The van der Waals surface area contributed by atoms with Crippen molar-refractivity contribution in [2.75, 3.05) is 37.0 Å². The van der Waals surface area contributed by atoms with E-state index in [4.69, 9.17) is 0 Å². The Morgan fingerprint density at radius 2 is 1.90 bits per heavy atom. The Labute approximate surface area is 130 Å². The number of piperazine rings is 1. The molecule has 21 heavy (non-hydrogen) atoms. The number of hydrogen-bond donors (Lipinski definition) is 1. The smallest absolute Gasteiger partial charge is 0.0438 e. The molecule has 1 aliphatic rings. The van der Waals surface area contributed by atoms with Crippen molar-refractivity contribution in [1.29, 1.82) is 0 Å². The van der Waals surface area contributed by atoms with Crippen LogP contribution in [0.2, 0.25) is 0 Å². The van der Waals surface area contributed by atoms with E-state index in [-0.39, 0.29) is 0 Å². The lowest BCUT2D eigenvalue weighted by Gasteiger charge is -2.44. The van der Waals surface area contributed by atoms with Gasteiger partial charge in [0.25, 0.3) is 0 Å². The second-order valence-electron chi connectivity index (χ2n) is 6.77. The first kappa shape index (κ1) is 16.2. The van der Waals surface area contributed by atoms with Crippen molar-refractivity contribution in [2.45, 2.75) is 45.7 Å². The molecule has 2 unspecified atom stereocenters. The highest BCUT2D eigenvalue weighted by atomic mass is 15.2. The van der Waals surface area contributed by atoms with Gasteiger partial charge in [0.1, 0.15) is 0 Å². The molecule has 0 radical (unpaired) electrons. The van der Waals surface area contributed by atoms with Gasteiger partial charge in [-0.2, -0.15) is 0 Å². The van der Waals surface area contributed by atoms with E-state index < -0.39 is 0 Å². The van der Waals surface area contributed by atoms with Gasteiger partial charge in [-0.3, -0.25) is 0 Å². The Kier molecular flexibility index (Phi) is 5.51. The van der Waals surface area contributed by atoms with Crippen LogP contribution in [0.25, 0.3) is 0 Å². The number of anilines is 2. The van der Waals surface area contributed by atoms with Crippen molar-refractivity contribution in [3.8, 4) is 0 Å². The van der Waals surface area contributed by atoms with Crippen LogP contribution < -0.4 is 15.1 Å². The van der Waals surface area contributed by atoms with Crippen LogP contribution in [0, 0.1) is 5.92 Å². The van der Waals surface area contributed by atoms with E-state index in [1.54, 1.807) is 0 Å². The van der Waals surface area contributed by atoms with Crippen molar-refractivity contribution in [3.05, 3.63) is 24.3 Å². The molecule has 3 heteroatoms. The van der Waals surface area contributed by atoms with Crippen molar-refractivity contribution in [2.24, 2.45) is 5.92 Å². The van der Waals surface area contributed by atoms with E-state index in [2.05, 4.69) is 74.2 Å². The third-order valence-electron chi connectivity index (χ3n) is 4.54.